The topological polar surface area (TPSA) is 62.5 Å². The SMILES string of the molecule is Cc1nc(CN2CC[C@@H]3CN(C(=O)c4noc(C)c4C)C[C@@H]3CC2)cs1. The van der Waals surface area contributed by atoms with Gasteiger partial charge in [-0.2, -0.15) is 0 Å². The van der Waals surface area contributed by atoms with Crippen molar-refractivity contribution in [3.8, 4) is 0 Å². The number of carbonyl (C=O) groups excluding carboxylic acids is 1. The van der Waals surface area contributed by atoms with Crippen LogP contribution in [0.1, 0.15) is 45.4 Å². The smallest absolute Gasteiger partial charge is 0.276 e. The van der Waals surface area contributed by atoms with Crippen molar-refractivity contribution in [2.45, 2.75) is 40.2 Å². The molecule has 7 heteroatoms. The molecule has 26 heavy (non-hydrogen) atoms. The van der Waals surface area contributed by atoms with E-state index in [1.807, 2.05) is 18.7 Å². The van der Waals surface area contributed by atoms with Crippen LogP contribution < -0.4 is 0 Å². The Kier molecular flexibility index (Phi) is 4.84. The Morgan fingerprint density at radius 2 is 1.92 bits per heavy atom. The number of hydrogen-bond donors (Lipinski definition) is 0. The van der Waals surface area contributed by atoms with Crippen molar-refractivity contribution in [3.05, 3.63) is 33.1 Å². The van der Waals surface area contributed by atoms with Crippen molar-refractivity contribution >= 4 is 17.2 Å². The van der Waals surface area contributed by atoms with Crippen LogP contribution in [0.3, 0.4) is 0 Å². The molecule has 2 saturated heterocycles. The quantitative estimate of drug-likeness (QED) is 0.826. The first-order valence-electron chi connectivity index (χ1n) is 9.36. The van der Waals surface area contributed by atoms with Crippen molar-refractivity contribution in [3.63, 3.8) is 0 Å². The zero-order valence-electron chi connectivity index (χ0n) is 15.7. The molecule has 4 rings (SSSR count). The highest BCUT2D eigenvalue weighted by molar-refractivity contribution is 7.09. The fourth-order valence-electron chi connectivity index (χ4n) is 4.20. The van der Waals surface area contributed by atoms with Crippen molar-refractivity contribution in [1.82, 2.24) is 19.9 Å². The van der Waals surface area contributed by atoms with Crippen LogP contribution >= 0.6 is 11.3 Å². The normalized spacial score (nSPS) is 23.9. The first kappa shape index (κ1) is 17.7. The molecule has 0 aliphatic carbocycles. The van der Waals surface area contributed by atoms with E-state index >= 15 is 0 Å². The Labute approximate surface area is 158 Å². The molecular weight excluding hydrogens is 348 g/mol. The van der Waals surface area contributed by atoms with Crippen LogP contribution in [0.5, 0.6) is 0 Å². The molecule has 2 aromatic rings. The molecule has 0 saturated carbocycles. The summed E-state index contributed by atoms with van der Waals surface area (Å²) in [5.74, 6) is 1.95. The van der Waals surface area contributed by atoms with Crippen LogP contribution in [-0.4, -0.2) is 52.0 Å². The molecule has 2 aromatic heterocycles. The Morgan fingerprint density at radius 1 is 1.23 bits per heavy atom. The van der Waals surface area contributed by atoms with Gasteiger partial charge in [0.15, 0.2) is 5.69 Å². The molecule has 6 nitrogen and oxygen atoms in total. The molecule has 140 valence electrons. The Balaban J connectivity index is 1.36. The van der Waals surface area contributed by atoms with Crippen LogP contribution in [-0.2, 0) is 6.54 Å². The van der Waals surface area contributed by atoms with E-state index in [9.17, 15) is 4.79 Å². The van der Waals surface area contributed by atoms with Gasteiger partial charge in [0, 0.05) is 30.6 Å². The number of carbonyl (C=O) groups is 1. The average Bonchev–Trinajstić information content (AvgIpc) is 3.27. The number of nitrogens with zero attached hydrogens (tertiary/aromatic N) is 4. The van der Waals surface area contributed by atoms with Crippen LogP contribution in [0.25, 0.3) is 0 Å². The fourth-order valence-corrected chi connectivity index (χ4v) is 4.81. The van der Waals surface area contributed by atoms with Crippen molar-refractivity contribution < 1.29 is 9.32 Å². The Morgan fingerprint density at radius 3 is 2.46 bits per heavy atom. The predicted molar refractivity (Wildman–Crippen MR) is 100 cm³/mol. The van der Waals surface area contributed by atoms with Crippen molar-refractivity contribution in [2.24, 2.45) is 11.8 Å². The minimum atomic E-state index is 0.0298. The van der Waals surface area contributed by atoms with Gasteiger partial charge in [-0.15, -0.1) is 11.3 Å². The standard InChI is InChI=1S/C19H26N4O2S/c1-12-13(2)25-21-18(12)19(24)23-8-15-4-6-22(7-5-16(15)9-23)10-17-11-26-14(3)20-17/h11,15-16H,4-10H2,1-3H3/t15-,16+. The highest BCUT2D eigenvalue weighted by atomic mass is 32.1. The monoisotopic (exact) mass is 374 g/mol. The molecular formula is C19H26N4O2S. The number of aromatic nitrogens is 2. The molecule has 2 atom stereocenters. The lowest BCUT2D eigenvalue weighted by molar-refractivity contribution is 0.0769. The van der Waals surface area contributed by atoms with E-state index in [0.29, 0.717) is 17.5 Å². The highest BCUT2D eigenvalue weighted by Gasteiger charge is 2.38. The molecule has 2 fully saturated rings. The Bertz CT molecular complexity index is 783. The maximum atomic E-state index is 12.8. The molecule has 0 spiro atoms. The summed E-state index contributed by atoms with van der Waals surface area (Å²) in [6.07, 6.45) is 2.29. The van der Waals surface area contributed by atoms with Crippen molar-refractivity contribution in [2.75, 3.05) is 26.2 Å². The summed E-state index contributed by atoms with van der Waals surface area (Å²) >= 11 is 1.72. The summed E-state index contributed by atoms with van der Waals surface area (Å²) in [7, 11) is 0. The third kappa shape index (κ3) is 3.42. The lowest BCUT2D eigenvalue weighted by Gasteiger charge is -2.21. The molecule has 0 unspecified atom stereocenters. The van der Waals surface area contributed by atoms with E-state index in [4.69, 9.17) is 4.52 Å². The first-order valence-corrected chi connectivity index (χ1v) is 10.2. The van der Waals surface area contributed by atoms with Crippen LogP contribution in [0.15, 0.2) is 9.90 Å². The van der Waals surface area contributed by atoms with E-state index in [2.05, 4.69) is 27.3 Å². The number of aryl methyl sites for hydroxylation is 2. The maximum Gasteiger partial charge on any atom is 0.276 e. The molecule has 0 N–H and O–H groups in total. The van der Waals surface area contributed by atoms with E-state index in [1.54, 1.807) is 11.3 Å². The zero-order chi connectivity index (χ0) is 18.3. The number of hydrogen-bond acceptors (Lipinski definition) is 6. The van der Waals surface area contributed by atoms with E-state index < -0.39 is 0 Å². The van der Waals surface area contributed by atoms with Gasteiger partial charge in [-0.3, -0.25) is 9.69 Å². The summed E-state index contributed by atoms with van der Waals surface area (Å²) in [5.41, 5.74) is 2.54. The number of rotatable bonds is 3. The third-order valence-corrected chi connectivity index (χ3v) is 6.73. The average molecular weight is 375 g/mol. The van der Waals surface area contributed by atoms with E-state index in [0.717, 1.165) is 61.9 Å². The second kappa shape index (κ2) is 7.12. The number of likely N-dealkylation sites (tertiary alicyclic amines) is 2. The summed E-state index contributed by atoms with van der Waals surface area (Å²) in [4.78, 5) is 21.9. The van der Waals surface area contributed by atoms with Crippen LogP contribution in [0.4, 0.5) is 0 Å². The van der Waals surface area contributed by atoms with Gasteiger partial charge in [-0.25, -0.2) is 4.98 Å². The zero-order valence-corrected chi connectivity index (χ0v) is 16.5. The van der Waals surface area contributed by atoms with Crippen LogP contribution in [0.2, 0.25) is 0 Å². The minimum absolute atomic E-state index is 0.0298. The minimum Gasteiger partial charge on any atom is -0.361 e. The van der Waals surface area contributed by atoms with Gasteiger partial charge in [0.05, 0.1) is 10.7 Å². The lowest BCUT2D eigenvalue weighted by atomic mass is 9.92. The van der Waals surface area contributed by atoms with Gasteiger partial charge in [-0.05, 0) is 58.5 Å². The summed E-state index contributed by atoms with van der Waals surface area (Å²) in [6, 6.07) is 0. The van der Waals surface area contributed by atoms with Crippen molar-refractivity contribution in [1.29, 1.82) is 0 Å². The van der Waals surface area contributed by atoms with Gasteiger partial charge in [0.25, 0.3) is 5.91 Å². The Hall–Kier alpha value is -1.73. The van der Waals surface area contributed by atoms with Gasteiger partial charge < -0.3 is 9.42 Å². The first-order chi connectivity index (χ1) is 12.5. The summed E-state index contributed by atoms with van der Waals surface area (Å²) in [5, 5.41) is 7.28. The molecule has 0 bridgehead atoms. The molecule has 0 aromatic carbocycles. The van der Waals surface area contributed by atoms with Crippen LogP contribution in [0, 0.1) is 32.6 Å². The highest BCUT2D eigenvalue weighted by Crippen LogP contribution is 2.33. The van der Waals surface area contributed by atoms with Gasteiger partial charge in [0.2, 0.25) is 0 Å². The van der Waals surface area contributed by atoms with E-state index in [1.165, 1.54) is 5.69 Å². The molecule has 2 aliphatic heterocycles. The largest absolute Gasteiger partial charge is 0.361 e. The predicted octanol–water partition coefficient (Wildman–Crippen LogP) is 3.04. The molecule has 1 amide bonds. The van der Waals surface area contributed by atoms with E-state index in [-0.39, 0.29) is 5.91 Å². The fraction of sp³-hybridized carbons (Fsp3) is 0.632. The molecule has 0 radical (unpaired) electrons. The van der Waals surface area contributed by atoms with Gasteiger partial charge in [-0.1, -0.05) is 5.16 Å². The summed E-state index contributed by atoms with van der Waals surface area (Å²) in [6.45, 7) is 10.6. The van der Waals surface area contributed by atoms with Gasteiger partial charge in [0.1, 0.15) is 5.76 Å². The second-order valence-corrected chi connectivity index (χ2v) is 8.72. The second-order valence-electron chi connectivity index (χ2n) is 7.65. The molecule has 4 heterocycles. The molecule has 2 aliphatic rings. The number of amides is 1. The summed E-state index contributed by atoms with van der Waals surface area (Å²) < 4.78 is 5.18. The van der Waals surface area contributed by atoms with Gasteiger partial charge >= 0.3 is 0 Å². The maximum absolute atomic E-state index is 12.8. The number of fused-ring (bicyclic) bond motifs is 1. The number of thiazole rings is 1. The third-order valence-electron chi connectivity index (χ3n) is 5.91. The lowest BCUT2D eigenvalue weighted by Crippen LogP contribution is -2.31.